The van der Waals surface area contributed by atoms with Crippen LogP contribution in [0.2, 0.25) is 0 Å². The molecule has 7 heteroatoms. The molecule has 29 heavy (non-hydrogen) atoms. The molecule has 1 saturated carbocycles. The maximum atomic E-state index is 12.3. The minimum Gasteiger partial charge on any atom is -0.327 e. The molecule has 1 heterocycles. The van der Waals surface area contributed by atoms with Crippen LogP contribution in [-0.2, 0) is 21.7 Å². The highest BCUT2D eigenvalue weighted by molar-refractivity contribution is 7.92. The number of amides is 1. The van der Waals surface area contributed by atoms with E-state index in [4.69, 9.17) is 0 Å². The van der Waals surface area contributed by atoms with Crippen molar-refractivity contribution in [3.63, 3.8) is 0 Å². The molecule has 0 unspecified atom stereocenters. The zero-order chi connectivity index (χ0) is 20.4. The molecule has 1 amide bonds. The number of benzene rings is 2. The van der Waals surface area contributed by atoms with Gasteiger partial charge in [-0.25, -0.2) is 13.4 Å². The van der Waals surface area contributed by atoms with Crippen LogP contribution in [0.1, 0.15) is 32.1 Å². The van der Waals surface area contributed by atoms with Gasteiger partial charge in [0.2, 0.25) is 5.91 Å². The lowest BCUT2D eigenvalue weighted by Crippen LogP contribution is -2.24. The molecular weight excluding hydrogens is 386 g/mol. The van der Waals surface area contributed by atoms with Crippen molar-refractivity contribution >= 4 is 32.5 Å². The Kier molecular flexibility index (Phi) is 5.41. The molecule has 0 aliphatic heterocycles. The number of anilines is 1. The number of carbonyl (C=O) groups is 1. The Morgan fingerprint density at radius 2 is 1.79 bits per heavy atom. The highest BCUT2D eigenvalue weighted by Gasteiger charge is 2.28. The fourth-order valence-corrected chi connectivity index (χ4v) is 5.83. The number of hydrogen-bond acceptors (Lipinski definition) is 4. The van der Waals surface area contributed by atoms with Crippen molar-refractivity contribution in [3.05, 3.63) is 48.5 Å². The highest BCUT2D eigenvalue weighted by atomic mass is 32.2. The van der Waals surface area contributed by atoms with E-state index in [0.717, 1.165) is 48.1 Å². The average Bonchev–Trinajstić information content (AvgIpc) is 3.37. The summed E-state index contributed by atoms with van der Waals surface area (Å²) < 4.78 is 26.7. The third-order valence-electron chi connectivity index (χ3n) is 5.64. The number of imidazole rings is 1. The Bertz CT molecular complexity index is 1130. The molecule has 0 atom stereocenters. The minimum atomic E-state index is -3.18. The molecule has 6 nitrogen and oxygen atoms in total. The van der Waals surface area contributed by atoms with Crippen LogP contribution in [0.5, 0.6) is 0 Å². The molecule has 2 aromatic carbocycles. The van der Waals surface area contributed by atoms with E-state index >= 15 is 0 Å². The Hall–Kier alpha value is -2.67. The summed E-state index contributed by atoms with van der Waals surface area (Å²) in [4.78, 5) is 16.9. The smallest absolute Gasteiger partial charge is 0.225 e. The van der Waals surface area contributed by atoms with Crippen molar-refractivity contribution in [2.45, 2.75) is 37.4 Å². The van der Waals surface area contributed by atoms with Gasteiger partial charge in [-0.05, 0) is 49.2 Å². The number of nitrogens with zero attached hydrogens (tertiary/aromatic N) is 2. The Morgan fingerprint density at radius 3 is 2.48 bits per heavy atom. The van der Waals surface area contributed by atoms with E-state index in [1.807, 2.05) is 60.1 Å². The van der Waals surface area contributed by atoms with E-state index in [1.54, 1.807) is 0 Å². The van der Waals surface area contributed by atoms with Crippen molar-refractivity contribution < 1.29 is 13.2 Å². The molecule has 4 rings (SSSR count). The summed E-state index contributed by atoms with van der Waals surface area (Å²) in [6.07, 6.45) is 3.38. The fraction of sp³-hybridized carbons (Fsp3) is 0.364. The quantitative estimate of drug-likeness (QED) is 0.666. The Balaban J connectivity index is 1.40. The summed E-state index contributed by atoms with van der Waals surface area (Å²) in [6.45, 7) is 0. The highest BCUT2D eigenvalue weighted by Crippen LogP contribution is 2.26. The molecule has 1 N–H and O–H groups in total. The van der Waals surface area contributed by atoms with E-state index in [9.17, 15) is 13.2 Å². The summed E-state index contributed by atoms with van der Waals surface area (Å²) in [7, 11) is -1.20. The summed E-state index contributed by atoms with van der Waals surface area (Å²) in [5.41, 5.74) is 3.59. The zero-order valence-corrected chi connectivity index (χ0v) is 17.3. The molecule has 152 valence electrons. The van der Waals surface area contributed by atoms with Crippen LogP contribution in [0.15, 0.2) is 48.5 Å². The lowest BCUT2D eigenvalue weighted by Gasteiger charge is -2.11. The molecule has 0 bridgehead atoms. The number of nitrogens with one attached hydrogen (secondary N) is 1. The number of aryl methyl sites for hydroxylation is 1. The number of rotatable bonds is 6. The first-order valence-electron chi connectivity index (χ1n) is 9.97. The van der Waals surface area contributed by atoms with Gasteiger partial charge in [0.05, 0.1) is 22.0 Å². The van der Waals surface area contributed by atoms with Crippen molar-refractivity contribution in [1.29, 1.82) is 0 Å². The van der Waals surface area contributed by atoms with E-state index < -0.39 is 9.84 Å². The van der Waals surface area contributed by atoms with Gasteiger partial charge in [0.25, 0.3) is 0 Å². The predicted molar refractivity (Wildman–Crippen MR) is 115 cm³/mol. The molecule has 1 aliphatic rings. The molecule has 0 saturated heterocycles. The molecule has 1 fully saturated rings. The van der Waals surface area contributed by atoms with Gasteiger partial charge in [0.15, 0.2) is 9.84 Å². The summed E-state index contributed by atoms with van der Waals surface area (Å²) in [5, 5.41) is 2.53. The predicted octanol–water partition coefficient (Wildman–Crippen LogP) is 3.93. The number of para-hydroxylation sites is 2. The number of aromatic nitrogens is 2. The molecule has 0 radical (unpaired) electrons. The third-order valence-corrected chi connectivity index (χ3v) is 7.90. The standard InChI is InChI=1S/C22H25N3O3S/c1-25-20-9-5-4-8-19(20)24-22(25)16-10-12-17(13-11-16)23-21(26)14-15-29(27,28)18-6-2-3-7-18/h4-5,8-13,18H,2-3,6-7,14-15H2,1H3,(H,23,26). The van der Waals surface area contributed by atoms with Gasteiger partial charge < -0.3 is 9.88 Å². The first-order valence-corrected chi connectivity index (χ1v) is 11.7. The summed E-state index contributed by atoms with van der Waals surface area (Å²) >= 11 is 0. The average molecular weight is 412 g/mol. The second-order valence-corrected chi connectivity index (χ2v) is 10.0. The van der Waals surface area contributed by atoms with Crippen molar-refractivity contribution in [1.82, 2.24) is 9.55 Å². The monoisotopic (exact) mass is 411 g/mol. The third kappa shape index (κ3) is 4.19. The Labute approximate surface area is 170 Å². The van der Waals surface area contributed by atoms with Crippen LogP contribution in [0.4, 0.5) is 5.69 Å². The summed E-state index contributed by atoms with van der Waals surface area (Å²) in [6, 6.07) is 15.4. The number of carbonyl (C=O) groups excluding carboxylic acids is 1. The molecule has 3 aromatic rings. The molecule has 0 spiro atoms. The first-order chi connectivity index (χ1) is 13.9. The van der Waals surface area contributed by atoms with Crippen LogP contribution < -0.4 is 5.32 Å². The summed E-state index contributed by atoms with van der Waals surface area (Å²) in [5.74, 6) is 0.496. The Morgan fingerprint density at radius 1 is 1.10 bits per heavy atom. The van der Waals surface area contributed by atoms with Gasteiger partial charge in [-0.2, -0.15) is 0 Å². The number of hydrogen-bond donors (Lipinski definition) is 1. The number of fused-ring (bicyclic) bond motifs is 1. The van der Waals surface area contributed by atoms with E-state index in [2.05, 4.69) is 10.3 Å². The maximum Gasteiger partial charge on any atom is 0.225 e. The van der Waals surface area contributed by atoms with Crippen molar-refractivity contribution in [2.75, 3.05) is 11.1 Å². The van der Waals surface area contributed by atoms with Crippen LogP contribution in [0.3, 0.4) is 0 Å². The van der Waals surface area contributed by atoms with Crippen molar-refractivity contribution in [3.8, 4) is 11.4 Å². The van der Waals surface area contributed by atoms with Crippen molar-refractivity contribution in [2.24, 2.45) is 7.05 Å². The number of sulfone groups is 1. The molecular formula is C22H25N3O3S. The second-order valence-electron chi connectivity index (χ2n) is 7.63. The largest absolute Gasteiger partial charge is 0.327 e. The van der Waals surface area contributed by atoms with Gasteiger partial charge >= 0.3 is 0 Å². The SMILES string of the molecule is Cn1c(-c2ccc(NC(=O)CCS(=O)(=O)C3CCCC3)cc2)nc2ccccc21. The van der Waals surface area contributed by atoms with Crippen LogP contribution in [-0.4, -0.2) is 34.9 Å². The van der Waals surface area contributed by atoms with E-state index in [-0.39, 0.29) is 23.3 Å². The van der Waals surface area contributed by atoms with Gasteiger partial charge in [-0.15, -0.1) is 0 Å². The van der Waals surface area contributed by atoms with Gasteiger partial charge in [0.1, 0.15) is 5.82 Å². The second kappa shape index (κ2) is 7.99. The minimum absolute atomic E-state index is 0.00859. The topological polar surface area (TPSA) is 81.1 Å². The molecule has 1 aliphatic carbocycles. The maximum absolute atomic E-state index is 12.3. The first kappa shape index (κ1) is 19.6. The van der Waals surface area contributed by atoms with Crippen LogP contribution >= 0.6 is 0 Å². The van der Waals surface area contributed by atoms with Crippen LogP contribution in [0, 0.1) is 0 Å². The van der Waals surface area contributed by atoms with Gasteiger partial charge in [0, 0.05) is 24.7 Å². The fourth-order valence-electron chi connectivity index (χ4n) is 3.98. The van der Waals surface area contributed by atoms with Gasteiger partial charge in [-0.1, -0.05) is 25.0 Å². The van der Waals surface area contributed by atoms with Crippen LogP contribution in [0.25, 0.3) is 22.4 Å². The normalized spacial score (nSPS) is 15.1. The van der Waals surface area contributed by atoms with E-state index in [0.29, 0.717) is 5.69 Å². The molecule has 1 aromatic heterocycles. The van der Waals surface area contributed by atoms with E-state index in [1.165, 1.54) is 0 Å². The van der Waals surface area contributed by atoms with Gasteiger partial charge in [-0.3, -0.25) is 4.79 Å². The lowest BCUT2D eigenvalue weighted by atomic mass is 10.2. The zero-order valence-electron chi connectivity index (χ0n) is 16.5. The lowest BCUT2D eigenvalue weighted by molar-refractivity contribution is -0.115.